The Labute approximate surface area is 178 Å². The molecule has 1 aliphatic rings. The SMILES string of the molecule is O=C(NN=Cc1ccccc1OC(=O)c1ccc(Cl)cc1)c1ccc2c(c1)COC2. The highest BCUT2D eigenvalue weighted by Crippen LogP contribution is 2.21. The minimum Gasteiger partial charge on any atom is -0.422 e. The van der Waals surface area contributed by atoms with Gasteiger partial charge in [-0.2, -0.15) is 5.10 Å². The molecule has 0 atom stereocenters. The Hall–Kier alpha value is -3.48. The van der Waals surface area contributed by atoms with Crippen LogP contribution in [0, 0.1) is 0 Å². The lowest BCUT2D eigenvalue weighted by Crippen LogP contribution is -2.18. The van der Waals surface area contributed by atoms with E-state index < -0.39 is 5.97 Å². The maximum atomic E-state index is 12.3. The Morgan fingerprint density at radius 3 is 2.53 bits per heavy atom. The summed E-state index contributed by atoms with van der Waals surface area (Å²) in [6, 6.07) is 18.7. The van der Waals surface area contributed by atoms with Gasteiger partial charge in [-0.25, -0.2) is 10.2 Å². The number of amides is 1. The molecule has 0 radical (unpaired) electrons. The third-order valence-corrected chi connectivity index (χ3v) is 4.81. The van der Waals surface area contributed by atoms with Crippen molar-refractivity contribution in [2.45, 2.75) is 13.2 Å². The fraction of sp³-hybridized carbons (Fsp3) is 0.0870. The molecule has 7 heteroatoms. The molecule has 6 nitrogen and oxygen atoms in total. The van der Waals surface area contributed by atoms with E-state index in [9.17, 15) is 9.59 Å². The monoisotopic (exact) mass is 420 g/mol. The van der Waals surface area contributed by atoms with Crippen LogP contribution in [0.1, 0.15) is 37.4 Å². The van der Waals surface area contributed by atoms with Gasteiger partial charge in [0.2, 0.25) is 0 Å². The number of hydrazone groups is 1. The number of carbonyl (C=O) groups excluding carboxylic acids is 2. The van der Waals surface area contributed by atoms with Crippen LogP contribution in [0.15, 0.2) is 71.8 Å². The van der Waals surface area contributed by atoms with E-state index in [-0.39, 0.29) is 5.91 Å². The molecular formula is C23H17ClN2O4. The van der Waals surface area contributed by atoms with Gasteiger partial charge >= 0.3 is 5.97 Å². The van der Waals surface area contributed by atoms with E-state index in [2.05, 4.69) is 10.5 Å². The number of hydrogen-bond acceptors (Lipinski definition) is 5. The highest BCUT2D eigenvalue weighted by atomic mass is 35.5. The number of hydrogen-bond donors (Lipinski definition) is 1. The highest BCUT2D eigenvalue weighted by Gasteiger charge is 2.14. The first-order valence-corrected chi connectivity index (χ1v) is 9.58. The lowest BCUT2D eigenvalue weighted by Gasteiger charge is -2.07. The highest BCUT2D eigenvalue weighted by molar-refractivity contribution is 6.30. The summed E-state index contributed by atoms with van der Waals surface area (Å²) in [5.74, 6) is -0.529. The van der Waals surface area contributed by atoms with E-state index in [1.807, 2.05) is 6.07 Å². The standard InChI is InChI=1S/C23H17ClN2O4/c24-20-9-7-15(8-10-20)23(28)30-21-4-2-1-3-17(21)12-25-26-22(27)16-5-6-18-13-29-14-19(18)11-16/h1-12H,13-14H2,(H,26,27). The lowest BCUT2D eigenvalue weighted by molar-refractivity contribution is 0.0734. The molecule has 3 aromatic rings. The first kappa shape index (κ1) is 19.8. The van der Waals surface area contributed by atoms with Crippen molar-refractivity contribution in [3.63, 3.8) is 0 Å². The second-order valence-electron chi connectivity index (χ2n) is 6.61. The quantitative estimate of drug-likeness (QED) is 0.288. The van der Waals surface area contributed by atoms with Crippen molar-refractivity contribution >= 4 is 29.7 Å². The Morgan fingerprint density at radius 1 is 0.967 bits per heavy atom. The van der Waals surface area contributed by atoms with Gasteiger partial charge in [-0.05, 0) is 59.7 Å². The molecule has 0 bridgehead atoms. The van der Waals surface area contributed by atoms with Crippen LogP contribution in [-0.2, 0) is 18.0 Å². The van der Waals surface area contributed by atoms with Gasteiger partial charge in [0.05, 0.1) is 25.0 Å². The van der Waals surface area contributed by atoms with Crippen molar-refractivity contribution in [3.8, 4) is 5.75 Å². The summed E-state index contributed by atoms with van der Waals surface area (Å²) in [6.07, 6.45) is 1.43. The molecule has 0 unspecified atom stereocenters. The lowest BCUT2D eigenvalue weighted by atomic mass is 10.1. The zero-order chi connectivity index (χ0) is 20.9. The second kappa shape index (κ2) is 8.90. The van der Waals surface area contributed by atoms with Crippen molar-refractivity contribution in [2.24, 2.45) is 5.10 Å². The number of halogens is 1. The van der Waals surface area contributed by atoms with Crippen LogP contribution in [0.3, 0.4) is 0 Å². The van der Waals surface area contributed by atoms with E-state index in [1.165, 1.54) is 6.21 Å². The maximum Gasteiger partial charge on any atom is 0.343 e. The molecule has 150 valence electrons. The zero-order valence-corrected chi connectivity index (χ0v) is 16.6. The summed E-state index contributed by atoms with van der Waals surface area (Å²) in [5.41, 5.74) is 6.00. The third kappa shape index (κ3) is 4.56. The molecule has 3 aromatic carbocycles. The van der Waals surface area contributed by atoms with Crippen LogP contribution in [-0.4, -0.2) is 18.1 Å². The Balaban J connectivity index is 1.43. The molecule has 30 heavy (non-hydrogen) atoms. The predicted molar refractivity (Wildman–Crippen MR) is 113 cm³/mol. The van der Waals surface area contributed by atoms with Gasteiger partial charge in [0.15, 0.2) is 0 Å². The van der Waals surface area contributed by atoms with Crippen molar-refractivity contribution in [1.82, 2.24) is 5.43 Å². The summed E-state index contributed by atoms with van der Waals surface area (Å²) in [6.45, 7) is 1.08. The van der Waals surface area contributed by atoms with Gasteiger partial charge in [-0.15, -0.1) is 0 Å². The van der Waals surface area contributed by atoms with Gasteiger partial charge in [0.25, 0.3) is 5.91 Å². The van der Waals surface area contributed by atoms with Crippen molar-refractivity contribution in [3.05, 3.63) is 99.6 Å². The number of nitrogens with zero attached hydrogens (tertiary/aromatic N) is 1. The van der Waals surface area contributed by atoms with E-state index >= 15 is 0 Å². The van der Waals surface area contributed by atoms with E-state index in [0.29, 0.717) is 40.7 Å². The molecule has 0 aromatic heterocycles. The van der Waals surface area contributed by atoms with Crippen LogP contribution in [0.4, 0.5) is 0 Å². The van der Waals surface area contributed by atoms with Gasteiger partial charge < -0.3 is 9.47 Å². The van der Waals surface area contributed by atoms with E-state index in [1.54, 1.807) is 60.7 Å². The summed E-state index contributed by atoms with van der Waals surface area (Å²) in [5, 5.41) is 4.53. The van der Waals surface area contributed by atoms with Gasteiger partial charge in [0, 0.05) is 16.1 Å². The fourth-order valence-electron chi connectivity index (χ4n) is 2.96. The minimum absolute atomic E-state index is 0.324. The maximum absolute atomic E-state index is 12.3. The first-order valence-electron chi connectivity index (χ1n) is 9.20. The normalized spacial score (nSPS) is 12.6. The predicted octanol–water partition coefficient (Wildman–Crippen LogP) is 4.35. The third-order valence-electron chi connectivity index (χ3n) is 4.55. The van der Waals surface area contributed by atoms with Crippen LogP contribution in [0.25, 0.3) is 0 Å². The number of fused-ring (bicyclic) bond motifs is 1. The van der Waals surface area contributed by atoms with Gasteiger partial charge in [-0.1, -0.05) is 29.8 Å². The molecule has 0 saturated heterocycles. The van der Waals surface area contributed by atoms with Crippen molar-refractivity contribution in [1.29, 1.82) is 0 Å². The van der Waals surface area contributed by atoms with Crippen molar-refractivity contribution < 1.29 is 19.1 Å². The van der Waals surface area contributed by atoms with Crippen LogP contribution in [0.5, 0.6) is 5.75 Å². The van der Waals surface area contributed by atoms with Gasteiger partial charge in [0.1, 0.15) is 5.75 Å². The Morgan fingerprint density at radius 2 is 1.70 bits per heavy atom. The van der Waals surface area contributed by atoms with Crippen LogP contribution < -0.4 is 10.2 Å². The summed E-state index contributed by atoms with van der Waals surface area (Å²) >= 11 is 5.85. The molecule has 4 rings (SSSR count). The average molecular weight is 421 g/mol. The van der Waals surface area contributed by atoms with E-state index in [4.69, 9.17) is 21.1 Å². The largest absolute Gasteiger partial charge is 0.422 e. The second-order valence-corrected chi connectivity index (χ2v) is 7.05. The molecule has 0 aliphatic carbocycles. The number of para-hydroxylation sites is 1. The van der Waals surface area contributed by atoms with E-state index in [0.717, 1.165) is 11.1 Å². The number of benzene rings is 3. The summed E-state index contributed by atoms with van der Waals surface area (Å²) < 4.78 is 10.8. The fourth-order valence-corrected chi connectivity index (χ4v) is 3.09. The van der Waals surface area contributed by atoms with Crippen LogP contribution >= 0.6 is 11.6 Å². The number of rotatable bonds is 5. The smallest absolute Gasteiger partial charge is 0.343 e. The molecule has 0 saturated carbocycles. The minimum atomic E-state index is -0.517. The number of esters is 1. The molecule has 0 spiro atoms. The number of carbonyl (C=O) groups is 2. The first-order chi connectivity index (χ1) is 14.6. The molecule has 1 heterocycles. The molecule has 1 aliphatic heterocycles. The molecule has 1 N–H and O–H groups in total. The number of nitrogens with one attached hydrogen (secondary N) is 1. The van der Waals surface area contributed by atoms with Crippen molar-refractivity contribution in [2.75, 3.05) is 0 Å². The molecule has 1 amide bonds. The van der Waals surface area contributed by atoms with Gasteiger partial charge in [-0.3, -0.25) is 4.79 Å². The molecule has 0 fully saturated rings. The Kier molecular flexibility index (Phi) is 5.88. The average Bonchev–Trinajstić information content (AvgIpc) is 3.23. The Bertz CT molecular complexity index is 1130. The summed E-state index contributed by atoms with van der Waals surface area (Å²) in [4.78, 5) is 24.7. The summed E-state index contributed by atoms with van der Waals surface area (Å²) in [7, 11) is 0. The molecular weight excluding hydrogens is 404 g/mol. The number of ether oxygens (including phenoxy) is 2. The van der Waals surface area contributed by atoms with Crippen LogP contribution in [0.2, 0.25) is 5.02 Å². The topological polar surface area (TPSA) is 77.0 Å². The zero-order valence-electron chi connectivity index (χ0n) is 15.8.